The molecular weight excluding hydrogens is 474 g/mol. The van der Waals surface area contributed by atoms with Gasteiger partial charge >= 0.3 is 0 Å². The summed E-state index contributed by atoms with van der Waals surface area (Å²) in [5.74, 6) is 0.872. The van der Waals surface area contributed by atoms with E-state index in [0.717, 1.165) is 11.1 Å². The number of sulfonamides is 1. The molecule has 3 aromatic rings. The van der Waals surface area contributed by atoms with Crippen molar-refractivity contribution in [2.24, 2.45) is 5.14 Å². The number of rotatable bonds is 6. The number of aromatic nitrogens is 2. The molecular formula is C24H20ClN5O3S. The fraction of sp³-hybridized carbons (Fsp3) is 0.0417. The zero-order valence-electron chi connectivity index (χ0n) is 18.0. The second-order valence-electron chi connectivity index (χ2n) is 7.26. The summed E-state index contributed by atoms with van der Waals surface area (Å²) in [7, 11) is -2.21. The first-order chi connectivity index (χ1) is 16.2. The molecule has 0 fully saturated rings. The van der Waals surface area contributed by atoms with Gasteiger partial charge in [0, 0.05) is 33.6 Å². The molecule has 1 aliphatic rings. The number of primary sulfonamides is 1. The predicted octanol–water partition coefficient (Wildman–Crippen LogP) is 4.55. The number of benzene rings is 2. The molecule has 0 unspecified atom stereocenters. The summed E-state index contributed by atoms with van der Waals surface area (Å²) in [5.41, 5.74) is 3.71. The topological polar surface area (TPSA) is 131 Å². The van der Waals surface area contributed by atoms with Crippen LogP contribution in [0.15, 0.2) is 89.5 Å². The number of nitrogens with zero attached hydrogens (tertiary/aromatic N) is 2. The summed E-state index contributed by atoms with van der Waals surface area (Å²) in [6, 6.07) is 14.9. The highest BCUT2D eigenvalue weighted by Gasteiger charge is 2.17. The van der Waals surface area contributed by atoms with E-state index in [9.17, 15) is 8.42 Å². The number of anilines is 2. The lowest BCUT2D eigenvalue weighted by Crippen LogP contribution is -2.11. The Morgan fingerprint density at radius 2 is 1.76 bits per heavy atom. The minimum atomic E-state index is -3.77. The molecule has 1 heterocycles. The Morgan fingerprint density at radius 3 is 2.41 bits per heavy atom. The van der Waals surface area contributed by atoms with Crippen molar-refractivity contribution in [1.29, 1.82) is 5.41 Å². The Kier molecular flexibility index (Phi) is 6.60. The van der Waals surface area contributed by atoms with Gasteiger partial charge in [0.1, 0.15) is 5.76 Å². The van der Waals surface area contributed by atoms with Gasteiger partial charge in [0.2, 0.25) is 16.0 Å². The van der Waals surface area contributed by atoms with E-state index in [1.807, 2.05) is 18.2 Å². The molecule has 1 aromatic heterocycles. The van der Waals surface area contributed by atoms with Crippen LogP contribution in [-0.2, 0) is 14.8 Å². The Bertz CT molecular complexity index is 1440. The van der Waals surface area contributed by atoms with E-state index in [2.05, 4.69) is 15.3 Å². The molecule has 0 amide bonds. The SMILES string of the molecule is CO/C(=C1/C=C(c2ccnc(Nc3ccc(S(N)(=O)=O)cc3)n2)C=CC1=N)c1ccc(Cl)cc1. The molecule has 172 valence electrons. The van der Waals surface area contributed by atoms with Crippen LogP contribution in [0.5, 0.6) is 0 Å². The number of hydrogen-bond donors (Lipinski definition) is 3. The van der Waals surface area contributed by atoms with Crippen LogP contribution in [0.3, 0.4) is 0 Å². The highest BCUT2D eigenvalue weighted by Crippen LogP contribution is 2.29. The molecule has 0 saturated carbocycles. The van der Waals surface area contributed by atoms with Crippen LogP contribution in [0.25, 0.3) is 11.3 Å². The highest BCUT2D eigenvalue weighted by atomic mass is 35.5. The maximum absolute atomic E-state index is 11.4. The second kappa shape index (κ2) is 9.60. The Morgan fingerprint density at radius 1 is 1.06 bits per heavy atom. The molecule has 0 aliphatic heterocycles. The first kappa shape index (κ1) is 23.4. The Labute approximate surface area is 202 Å². The third-order valence-electron chi connectivity index (χ3n) is 4.97. The average Bonchev–Trinajstić information content (AvgIpc) is 2.82. The fourth-order valence-corrected chi connectivity index (χ4v) is 3.95. The average molecular weight is 494 g/mol. The van der Waals surface area contributed by atoms with Crippen molar-refractivity contribution in [2.75, 3.05) is 12.4 Å². The molecule has 8 nitrogen and oxygen atoms in total. The summed E-state index contributed by atoms with van der Waals surface area (Å²) in [4.78, 5) is 8.81. The molecule has 34 heavy (non-hydrogen) atoms. The highest BCUT2D eigenvalue weighted by molar-refractivity contribution is 7.89. The lowest BCUT2D eigenvalue weighted by molar-refractivity contribution is 0.369. The number of nitrogens with two attached hydrogens (primary N) is 1. The van der Waals surface area contributed by atoms with E-state index in [0.29, 0.717) is 39.4 Å². The van der Waals surface area contributed by atoms with Crippen molar-refractivity contribution in [2.45, 2.75) is 4.90 Å². The van der Waals surface area contributed by atoms with Gasteiger partial charge in [-0.3, -0.25) is 0 Å². The van der Waals surface area contributed by atoms with E-state index in [-0.39, 0.29) is 4.90 Å². The van der Waals surface area contributed by atoms with Crippen molar-refractivity contribution in [3.8, 4) is 0 Å². The molecule has 4 N–H and O–H groups in total. The van der Waals surface area contributed by atoms with E-state index in [4.69, 9.17) is 26.9 Å². The van der Waals surface area contributed by atoms with Crippen LogP contribution >= 0.6 is 11.6 Å². The van der Waals surface area contributed by atoms with Gasteiger partial charge in [0.05, 0.1) is 23.4 Å². The van der Waals surface area contributed by atoms with Crippen LogP contribution in [0.2, 0.25) is 5.02 Å². The lowest BCUT2D eigenvalue weighted by atomic mass is 9.95. The van der Waals surface area contributed by atoms with Crippen LogP contribution in [-0.4, -0.2) is 31.2 Å². The zero-order valence-corrected chi connectivity index (χ0v) is 19.6. The summed E-state index contributed by atoms with van der Waals surface area (Å²) >= 11 is 6.00. The predicted molar refractivity (Wildman–Crippen MR) is 133 cm³/mol. The van der Waals surface area contributed by atoms with E-state index in [1.165, 1.54) is 12.1 Å². The van der Waals surface area contributed by atoms with Crippen LogP contribution in [0.1, 0.15) is 11.3 Å². The molecule has 0 radical (unpaired) electrons. The fourth-order valence-electron chi connectivity index (χ4n) is 3.31. The van der Waals surface area contributed by atoms with Crippen LogP contribution < -0.4 is 10.5 Å². The zero-order chi connectivity index (χ0) is 24.3. The van der Waals surface area contributed by atoms with Crippen molar-refractivity contribution in [1.82, 2.24) is 9.97 Å². The van der Waals surface area contributed by atoms with Gasteiger partial charge in [-0.25, -0.2) is 23.5 Å². The number of ether oxygens (including phenoxy) is 1. The maximum atomic E-state index is 11.4. The van der Waals surface area contributed by atoms with Gasteiger partial charge in [-0.2, -0.15) is 0 Å². The largest absolute Gasteiger partial charge is 0.495 e. The first-order valence-corrected chi connectivity index (χ1v) is 11.9. The van der Waals surface area contributed by atoms with Crippen LogP contribution in [0, 0.1) is 5.41 Å². The summed E-state index contributed by atoms with van der Waals surface area (Å²) in [5, 5.41) is 17.2. The number of hydrogen-bond acceptors (Lipinski definition) is 7. The molecule has 0 atom stereocenters. The standard InChI is InChI=1S/C24H20ClN5O3S/c1-33-23(15-2-5-17(25)6-3-15)20-14-16(4-11-21(20)26)22-12-13-28-24(30-22)29-18-7-9-19(10-8-18)34(27,31)32/h2-14,26H,1H3,(H2,27,31,32)(H,28,29,30)/b23-20-,26-21?. The maximum Gasteiger partial charge on any atom is 0.238 e. The van der Waals surface area contributed by atoms with E-state index in [1.54, 1.807) is 55.8 Å². The molecule has 2 aromatic carbocycles. The summed E-state index contributed by atoms with van der Waals surface area (Å²) < 4.78 is 28.5. The lowest BCUT2D eigenvalue weighted by Gasteiger charge is -2.16. The van der Waals surface area contributed by atoms with Gasteiger partial charge in [-0.15, -0.1) is 0 Å². The van der Waals surface area contributed by atoms with E-state index < -0.39 is 10.0 Å². The van der Waals surface area contributed by atoms with Gasteiger partial charge in [-0.1, -0.05) is 17.7 Å². The monoisotopic (exact) mass is 493 g/mol. The normalized spacial score (nSPS) is 15.0. The minimum Gasteiger partial charge on any atom is -0.495 e. The third-order valence-corrected chi connectivity index (χ3v) is 6.15. The number of methoxy groups -OCH3 is 1. The smallest absolute Gasteiger partial charge is 0.238 e. The number of halogens is 1. The molecule has 0 bridgehead atoms. The van der Waals surface area contributed by atoms with Gasteiger partial charge in [0.15, 0.2) is 0 Å². The first-order valence-electron chi connectivity index (χ1n) is 10.0. The van der Waals surface area contributed by atoms with Crippen molar-refractivity contribution < 1.29 is 13.2 Å². The number of allylic oxidation sites excluding steroid dienone is 5. The Hall–Kier alpha value is -3.79. The van der Waals surface area contributed by atoms with Crippen molar-refractivity contribution >= 4 is 50.3 Å². The molecule has 4 rings (SSSR count). The summed E-state index contributed by atoms with van der Waals surface area (Å²) in [6.45, 7) is 0. The molecule has 10 heteroatoms. The second-order valence-corrected chi connectivity index (χ2v) is 9.26. The molecule has 0 saturated heterocycles. The third kappa shape index (κ3) is 5.23. The van der Waals surface area contributed by atoms with Gasteiger partial charge < -0.3 is 15.5 Å². The molecule has 1 aliphatic carbocycles. The van der Waals surface area contributed by atoms with Crippen molar-refractivity contribution in [3.05, 3.63) is 101 Å². The van der Waals surface area contributed by atoms with E-state index >= 15 is 0 Å². The quantitative estimate of drug-likeness (QED) is 0.431. The van der Waals surface area contributed by atoms with Gasteiger partial charge in [-0.05, 0) is 66.7 Å². The van der Waals surface area contributed by atoms with Gasteiger partial charge in [0.25, 0.3) is 0 Å². The summed E-state index contributed by atoms with van der Waals surface area (Å²) in [6.07, 6.45) is 6.93. The molecule has 0 spiro atoms. The van der Waals surface area contributed by atoms with Crippen molar-refractivity contribution in [3.63, 3.8) is 0 Å². The Balaban J connectivity index is 1.65. The number of nitrogens with one attached hydrogen (secondary N) is 2. The van der Waals surface area contributed by atoms with Crippen LogP contribution in [0.4, 0.5) is 11.6 Å². The minimum absolute atomic E-state index is 0.0154.